The third-order valence-electron chi connectivity index (χ3n) is 2.98. The van der Waals surface area contributed by atoms with E-state index >= 15 is 0 Å². The number of phenols is 1. The van der Waals surface area contributed by atoms with E-state index in [1.807, 2.05) is 12.1 Å². The Morgan fingerprint density at radius 1 is 1.30 bits per heavy atom. The standard InChI is InChI=1S/C15H15BrINO2/c1-9-5-11(17)3-4-13(9)18-8-10-6-12(16)15(19)14(7-10)20-2/h3-7,18-19H,8H2,1-2H3. The normalized spacial score (nSPS) is 10.4. The molecule has 0 atom stereocenters. The first-order valence-electron chi connectivity index (χ1n) is 6.06. The zero-order valence-electron chi connectivity index (χ0n) is 11.2. The van der Waals surface area contributed by atoms with Crippen LogP contribution >= 0.6 is 38.5 Å². The Kier molecular flexibility index (Phi) is 5.15. The number of hydrogen-bond donors (Lipinski definition) is 2. The van der Waals surface area contributed by atoms with Gasteiger partial charge in [0.2, 0.25) is 0 Å². The minimum absolute atomic E-state index is 0.127. The predicted molar refractivity (Wildman–Crippen MR) is 93.6 cm³/mol. The molecule has 5 heteroatoms. The van der Waals surface area contributed by atoms with Crippen LogP contribution in [0.2, 0.25) is 0 Å². The molecule has 0 bridgehead atoms. The van der Waals surface area contributed by atoms with Gasteiger partial charge >= 0.3 is 0 Å². The summed E-state index contributed by atoms with van der Waals surface area (Å²) in [5, 5.41) is 13.2. The van der Waals surface area contributed by atoms with E-state index in [2.05, 4.69) is 69.0 Å². The SMILES string of the molecule is COc1cc(CNc2ccc(I)cc2C)cc(Br)c1O. The van der Waals surface area contributed by atoms with Gasteiger partial charge in [0.25, 0.3) is 0 Å². The van der Waals surface area contributed by atoms with E-state index in [4.69, 9.17) is 4.74 Å². The summed E-state index contributed by atoms with van der Waals surface area (Å²) in [5.74, 6) is 0.595. The topological polar surface area (TPSA) is 41.5 Å². The zero-order valence-corrected chi connectivity index (χ0v) is 14.9. The van der Waals surface area contributed by atoms with Crippen molar-refractivity contribution < 1.29 is 9.84 Å². The Bertz CT molecular complexity index is 632. The quantitative estimate of drug-likeness (QED) is 0.668. The monoisotopic (exact) mass is 447 g/mol. The molecule has 2 aromatic rings. The van der Waals surface area contributed by atoms with Crippen molar-refractivity contribution in [1.29, 1.82) is 0 Å². The minimum Gasteiger partial charge on any atom is -0.503 e. The van der Waals surface area contributed by atoms with Crippen LogP contribution in [0.4, 0.5) is 5.69 Å². The molecule has 106 valence electrons. The van der Waals surface area contributed by atoms with E-state index in [0.29, 0.717) is 16.8 Å². The summed E-state index contributed by atoms with van der Waals surface area (Å²) in [5.41, 5.74) is 3.35. The summed E-state index contributed by atoms with van der Waals surface area (Å²) in [4.78, 5) is 0. The van der Waals surface area contributed by atoms with Crippen molar-refractivity contribution in [2.45, 2.75) is 13.5 Å². The van der Waals surface area contributed by atoms with Gasteiger partial charge in [-0.2, -0.15) is 0 Å². The smallest absolute Gasteiger partial charge is 0.172 e. The van der Waals surface area contributed by atoms with Crippen molar-refractivity contribution in [3.63, 3.8) is 0 Å². The van der Waals surface area contributed by atoms with Gasteiger partial charge in [0.05, 0.1) is 11.6 Å². The molecule has 3 nitrogen and oxygen atoms in total. The highest BCUT2D eigenvalue weighted by molar-refractivity contribution is 14.1. The molecule has 2 aromatic carbocycles. The highest BCUT2D eigenvalue weighted by atomic mass is 127. The fourth-order valence-electron chi connectivity index (χ4n) is 1.91. The van der Waals surface area contributed by atoms with Crippen molar-refractivity contribution in [1.82, 2.24) is 0 Å². The van der Waals surface area contributed by atoms with Gasteiger partial charge in [-0.1, -0.05) is 0 Å². The van der Waals surface area contributed by atoms with Gasteiger partial charge in [-0.25, -0.2) is 0 Å². The average molecular weight is 448 g/mol. The molecule has 0 spiro atoms. The van der Waals surface area contributed by atoms with Crippen molar-refractivity contribution in [2.24, 2.45) is 0 Å². The fraction of sp³-hybridized carbons (Fsp3) is 0.200. The average Bonchev–Trinajstić information content (AvgIpc) is 2.41. The van der Waals surface area contributed by atoms with E-state index in [9.17, 15) is 5.11 Å². The molecule has 0 aliphatic rings. The first kappa shape index (κ1) is 15.4. The van der Waals surface area contributed by atoms with Crippen molar-refractivity contribution in [3.05, 3.63) is 49.5 Å². The molecule has 2 rings (SSSR count). The third-order valence-corrected chi connectivity index (χ3v) is 4.26. The van der Waals surface area contributed by atoms with Crippen LogP contribution in [0, 0.1) is 10.5 Å². The molecule has 20 heavy (non-hydrogen) atoms. The molecule has 2 N–H and O–H groups in total. The lowest BCUT2D eigenvalue weighted by atomic mass is 10.1. The molecule has 0 heterocycles. The van der Waals surface area contributed by atoms with Crippen LogP contribution in [-0.4, -0.2) is 12.2 Å². The summed E-state index contributed by atoms with van der Waals surface area (Å²) >= 11 is 5.63. The number of aryl methyl sites for hydroxylation is 1. The molecule has 0 saturated carbocycles. The molecule has 0 amide bonds. The highest BCUT2D eigenvalue weighted by Crippen LogP contribution is 2.35. The summed E-state index contributed by atoms with van der Waals surface area (Å²) < 4.78 is 7.00. The fourth-order valence-corrected chi connectivity index (χ4v) is 3.04. The summed E-state index contributed by atoms with van der Waals surface area (Å²) in [6, 6.07) is 9.99. The number of methoxy groups -OCH3 is 1. The van der Waals surface area contributed by atoms with Crippen LogP contribution in [0.3, 0.4) is 0 Å². The van der Waals surface area contributed by atoms with Crippen LogP contribution < -0.4 is 10.1 Å². The number of benzene rings is 2. The second-order valence-corrected chi connectivity index (χ2v) is 6.54. The number of rotatable bonds is 4. The maximum absolute atomic E-state index is 9.79. The van der Waals surface area contributed by atoms with Gasteiger partial charge in [0.1, 0.15) is 0 Å². The van der Waals surface area contributed by atoms with E-state index in [1.165, 1.54) is 9.13 Å². The Morgan fingerprint density at radius 2 is 2.05 bits per heavy atom. The Hall–Kier alpha value is -0.950. The largest absolute Gasteiger partial charge is 0.503 e. The summed E-state index contributed by atoms with van der Waals surface area (Å²) in [7, 11) is 1.54. The first-order valence-corrected chi connectivity index (χ1v) is 7.94. The van der Waals surface area contributed by atoms with Gasteiger partial charge < -0.3 is 15.2 Å². The van der Waals surface area contributed by atoms with Crippen LogP contribution in [0.1, 0.15) is 11.1 Å². The van der Waals surface area contributed by atoms with Crippen LogP contribution in [-0.2, 0) is 6.54 Å². The predicted octanol–water partition coefficient (Wildman–Crippen LogP) is 4.69. The van der Waals surface area contributed by atoms with Crippen LogP contribution in [0.5, 0.6) is 11.5 Å². The van der Waals surface area contributed by atoms with Crippen molar-refractivity contribution in [3.8, 4) is 11.5 Å². The molecular weight excluding hydrogens is 433 g/mol. The molecule has 0 radical (unpaired) electrons. The molecule has 0 aliphatic heterocycles. The molecule has 0 saturated heterocycles. The maximum atomic E-state index is 9.79. The van der Waals surface area contributed by atoms with E-state index in [0.717, 1.165) is 11.3 Å². The molecule has 0 aliphatic carbocycles. The number of nitrogens with one attached hydrogen (secondary N) is 1. The zero-order chi connectivity index (χ0) is 14.7. The lowest BCUT2D eigenvalue weighted by Crippen LogP contribution is -2.02. The van der Waals surface area contributed by atoms with Gasteiger partial charge in [0.15, 0.2) is 11.5 Å². The van der Waals surface area contributed by atoms with Crippen LogP contribution in [0.25, 0.3) is 0 Å². The lowest BCUT2D eigenvalue weighted by Gasteiger charge is -2.12. The number of anilines is 1. The Morgan fingerprint density at radius 3 is 2.70 bits per heavy atom. The molecule has 0 fully saturated rings. The van der Waals surface area contributed by atoms with Crippen molar-refractivity contribution in [2.75, 3.05) is 12.4 Å². The third kappa shape index (κ3) is 3.58. The van der Waals surface area contributed by atoms with E-state index in [-0.39, 0.29) is 5.75 Å². The number of ether oxygens (including phenoxy) is 1. The second kappa shape index (κ2) is 6.67. The summed E-state index contributed by atoms with van der Waals surface area (Å²) in [6.45, 7) is 2.74. The van der Waals surface area contributed by atoms with Crippen LogP contribution in [0.15, 0.2) is 34.8 Å². The molecule has 0 unspecified atom stereocenters. The second-order valence-electron chi connectivity index (χ2n) is 4.44. The van der Waals surface area contributed by atoms with Gasteiger partial charge in [-0.3, -0.25) is 0 Å². The van der Waals surface area contributed by atoms with Gasteiger partial charge in [0, 0.05) is 15.8 Å². The number of aromatic hydroxyl groups is 1. The first-order chi connectivity index (χ1) is 9.51. The van der Waals surface area contributed by atoms with E-state index < -0.39 is 0 Å². The Balaban J connectivity index is 2.16. The van der Waals surface area contributed by atoms with Gasteiger partial charge in [-0.05, 0) is 86.9 Å². The van der Waals surface area contributed by atoms with Crippen molar-refractivity contribution >= 4 is 44.2 Å². The number of phenolic OH excluding ortho intramolecular Hbond substituents is 1. The minimum atomic E-state index is 0.127. The number of hydrogen-bond acceptors (Lipinski definition) is 3. The highest BCUT2D eigenvalue weighted by Gasteiger charge is 2.08. The maximum Gasteiger partial charge on any atom is 0.172 e. The lowest BCUT2D eigenvalue weighted by molar-refractivity contribution is 0.371. The molecule has 0 aromatic heterocycles. The van der Waals surface area contributed by atoms with E-state index in [1.54, 1.807) is 7.11 Å². The Labute approximate surface area is 140 Å². The number of halogens is 2. The molecular formula is C15H15BrINO2. The summed E-state index contributed by atoms with van der Waals surface area (Å²) in [6.07, 6.45) is 0. The van der Waals surface area contributed by atoms with Gasteiger partial charge in [-0.15, -0.1) is 0 Å².